The van der Waals surface area contributed by atoms with E-state index < -0.39 is 0 Å². The summed E-state index contributed by atoms with van der Waals surface area (Å²) < 4.78 is 0. The maximum Gasteiger partial charge on any atom is 0.132 e. The molecule has 1 heterocycles. The van der Waals surface area contributed by atoms with Gasteiger partial charge in [0.15, 0.2) is 0 Å². The van der Waals surface area contributed by atoms with Gasteiger partial charge in [-0.15, -0.1) is 0 Å². The van der Waals surface area contributed by atoms with Gasteiger partial charge < -0.3 is 10.6 Å². The van der Waals surface area contributed by atoms with E-state index >= 15 is 0 Å². The van der Waals surface area contributed by atoms with Crippen molar-refractivity contribution in [3.05, 3.63) is 35.9 Å². The zero-order valence-electron chi connectivity index (χ0n) is 13.9. The number of pyridine rings is 1. The van der Waals surface area contributed by atoms with Crippen LogP contribution in [-0.4, -0.2) is 23.6 Å². The summed E-state index contributed by atoms with van der Waals surface area (Å²) in [5, 5.41) is 1.18. The van der Waals surface area contributed by atoms with Gasteiger partial charge in [0.1, 0.15) is 5.82 Å². The van der Waals surface area contributed by atoms with Crippen LogP contribution in [-0.2, 0) is 6.42 Å². The zero-order chi connectivity index (χ0) is 15.6. The predicted molar refractivity (Wildman–Crippen MR) is 91.9 cm³/mol. The molecule has 0 radical (unpaired) electrons. The number of nitrogens with two attached hydrogens (primary N) is 1. The van der Waals surface area contributed by atoms with E-state index in [9.17, 15) is 0 Å². The van der Waals surface area contributed by atoms with Gasteiger partial charge in [-0.3, -0.25) is 0 Å². The molecule has 114 valence electrons. The summed E-state index contributed by atoms with van der Waals surface area (Å²) in [4.78, 5) is 7.20. The highest BCUT2D eigenvalue weighted by atomic mass is 15.2. The van der Waals surface area contributed by atoms with Crippen molar-refractivity contribution >= 4 is 16.7 Å². The SMILES string of the molecule is CCC(C)(C)N(C)c1nc2ccccc2cc1CC(C)N. The summed E-state index contributed by atoms with van der Waals surface area (Å²) in [6.07, 6.45) is 1.91. The summed E-state index contributed by atoms with van der Waals surface area (Å²) in [7, 11) is 2.13. The van der Waals surface area contributed by atoms with Crippen LogP contribution in [0.4, 0.5) is 5.82 Å². The molecule has 0 aliphatic carbocycles. The Bertz CT molecular complexity index is 617. The second-order valence-corrected chi connectivity index (χ2v) is 6.57. The minimum atomic E-state index is 0.0715. The minimum absolute atomic E-state index is 0.0715. The summed E-state index contributed by atoms with van der Waals surface area (Å²) in [5.41, 5.74) is 8.38. The quantitative estimate of drug-likeness (QED) is 0.909. The lowest BCUT2D eigenvalue weighted by Crippen LogP contribution is -2.41. The molecule has 1 aromatic carbocycles. The maximum atomic E-state index is 6.03. The molecule has 0 saturated heterocycles. The molecule has 2 aromatic rings. The molecule has 3 nitrogen and oxygen atoms in total. The van der Waals surface area contributed by atoms with Crippen LogP contribution in [0.1, 0.15) is 39.7 Å². The van der Waals surface area contributed by atoms with Crippen molar-refractivity contribution in [3.63, 3.8) is 0 Å². The molecule has 1 unspecified atom stereocenters. The Kier molecular flexibility index (Phi) is 4.52. The summed E-state index contributed by atoms with van der Waals surface area (Å²) in [5.74, 6) is 1.05. The van der Waals surface area contributed by atoms with E-state index in [1.807, 2.05) is 13.0 Å². The van der Waals surface area contributed by atoms with E-state index in [0.29, 0.717) is 0 Å². The lowest BCUT2D eigenvalue weighted by Gasteiger charge is -2.37. The molecule has 2 rings (SSSR count). The predicted octanol–water partition coefficient (Wildman–Crippen LogP) is 3.75. The van der Waals surface area contributed by atoms with Crippen molar-refractivity contribution in [2.24, 2.45) is 5.73 Å². The molecule has 0 bridgehead atoms. The minimum Gasteiger partial charge on any atom is -0.354 e. The Morgan fingerprint density at radius 3 is 2.57 bits per heavy atom. The highest BCUT2D eigenvalue weighted by Gasteiger charge is 2.25. The first-order valence-corrected chi connectivity index (χ1v) is 7.73. The fourth-order valence-corrected chi connectivity index (χ4v) is 2.46. The van der Waals surface area contributed by atoms with Gasteiger partial charge in [-0.05, 0) is 51.3 Å². The van der Waals surface area contributed by atoms with E-state index in [2.05, 4.69) is 57.0 Å². The first-order valence-electron chi connectivity index (χ1n) is 7.73. The average molecular weight is 285 g/mol. The van der Waals surface area contributed by atoms with Crippen molar-refractivity contribution in [1.82, 2.24) is 4.98 Å². The molecule has 0 amide bonds. The van der Waals surface area contributed by atoms with Crippen LogP contribution in [0, 0.1) is 0 Å². The molecule has 1 atom stereocenters. The van der Waals surface area contributed by atoms with Crippen LogP contribution in [0.5, 0.6) is 0 Å². The second kappa shape index (κ2) is 6.02. The fraction of sp³-hybridized carbons (Fsp3) is 0.500. The van der Waals surface area contributed by atoms with E-state index in [0.717, 1.165) is 24.2 Å². The number of rotatable bonds is 5. The van der Waals surface area contributed by atoms with Crippen LogP contribution in [0.3, 0.4) is 0 Å². The molecule has 0 fully saturated rings. The molecule has 3 heteroatoms. The van der Waals surface area contributed by atoms with Crippen LogP contribution in [0.2, 0.25) is 0 Å². The summed E-state index contributed by atoms with van der Waals surface area (Å²) in [6.45, 7) is 8.76. The van der Waals surface area contributed by atoms with Crippen molar-refractivity contribution in [1.29, 1.82) is 0 Å². The molecular weight excluding hydrogens is 258 g/mol. The highest BCUT2D eigenvalue weighted by Crippen LogP contribution is 2.29. The monoisotopic (exact) mass is 285 g/mol. The largest absolute Gasteiger partial charge is 0.354 e. The van der Waals surface area contributed by atoms with Crippen LogP contribution in [0.25, 0.3) is 10.9 Å². The van der Waals surface area contributed by atoms with Gasteiger partial charge in [0.25, 0.3) is 0 Å². The van der Waals surface area contributed by atoms with E-state index in [1.54, 1.807) is 0 Å². The fourth-order valence-electron chi connectivity index (χ4n) is 2.46. The number of hydrogen-bond acceptors (Lipinski definition) is 3. The molecule has 2 N–H and O–H groups in total. The molecule has 1 aromatic heterocycles. The average Bonchev–Trinajstić information content (AvgIpc) is 2.45. The Morgan fingerprint density at radius 1 is 1.29 bits per heavy atom. The summed E-state index contributed by atoms with van der Waals surface area (Å²) >= 11 is 0. The number of para-hydroxylation sites is 1. The lowest BCUT2D eigenvalue weighted by molar-refractivity contribution is 0.466. The maximum absolute atomic E-state index is 6.03. The topological polar surface area (TPSA) is 42.2 Å². The van der Waals surface area contributed by atoms with Gasteiger partial charge >= 0.3 is 0 Å². The Labute approximate surface area is 128 Å². The van der Waals surface area contributed by atoms with Gasteiger partial charge in [0.2, 0.25) is 0 Å². The van der Waals surface area contributed by atoms with Crippen molar-refractivity contribution < 1.29 is 0 Å². The van der Waals surface area contributed by atoms with Crippen LogP contribution < -0.4 is 10.6 Å². The van der Waals surface area contributed by atoms with Gasteiger partial charge in [0.05, 0.1) is 5.52 Å². The lowest BCUT2D eigenvalue weighted by atomic mass is 9.97. The molecule has 0 spiro atoms. The third-order valence-electron chi connectivity index (χ3n) is 4.41. The van der Waals surface area contributed by atoms with Gasteiger partial charge in [-0.25, -0.2) is 4.98 Å². The number of hydrogen-bond donors (Lipinski definition) is 1. The Hall–Kier alpha value is -1.61. The first-order chi connectivity index (χ1) is 9.85. The van der Waals surface area contributed by atoms with Crippen molar-refractivity contribution in [3.8, 4) is 0 Å². The number of nitrogens with zero attached hydrogens (tertiary/aromatic N) is 2. The summed E-state index contributed by atoms with van der Waals surface area (Å²) in [6, 6.07) is 10.6. The first kappa shape index (κ1) is 15.8. The normalized spacial score (nSPS) is 13.4. The number of anilines is 1. The van der Waals surface area contributed by atoms with E-state index in [4.69, 9.17) is 10.7 Å². The second-order valence-electron chi connectivity index (χ2n) is 6.57. The van der Waals surface area contributed by atoms with Crippen molar-refractivity contribution in [2.75, 3.05) is 11.9 Å². The smallest absolute Gasteiger partial charge is 0.132 e. The molecular formula is C18H27N3. The Balaban J connectivity index is 2.58. The van der Waals surface area contributed by atoms with Gasteiger partial charge in [0, 0.05) is 24.0 Å². The van der Waals surface area contributed by atoms with Crippen LogP contribution in [0.15, 0.2) is 30.3 Å². The zero-order valence-corrected chi connectivity index (χ0v) is 13.9. The van der Waals surface area contributed by atoms with Gasteiger partial charge in [-0.1, -0.05) is 25.1 Å². The number of aromatic nitrogens is 1. The molecule has 21 heavy (non-hydrogen) atoms. The molecule has 0 aliphatic rings. The van der Waals surface area contributed by atoms with E-state index in [-0.39, 0.29) is 11.6 Å². The van der Waals surface area contributed by atoms with Crippen molar-refractivity contribution in [2.45, 2.75) is 52.1 Å². The third-order valence-corrected chi connectivity index (χ3v) is 4.41. The number of benzene rings is 1. The number of fused-ring (bicyclic) bond motifs is 1. The van der Waals surface area contributed by atoms with E-state index in [1.165, 1.54) is 10.9 Å². The standard InChI is InChI=1S/C18H27N3/c1-6-18(3,4)21(5)17-15(11-13(2)19)12-14-9-7-8-10-16(14)20-17/h7-10,12-13H,6,11,19H2,1-5H3. The third kappa shape index (κ3) is 3.35. The van der Waals surface area contributed by atoms with Crippen LogP contribution >= 0.6 is 0 Å². The molecule has 0 saturated carbocycles. The highest BCUT2D eigenvalue weighted by molar-refractivity contribution is 5.82. The van der Waals surface area contributed by atoms with Gasteiger partial charge in [-0.2, -0.15) is 0 Å². The Morgan fingerprint density at radius 2 is 1.95 bits per heavy atom. The molecule has 0 aliphatic heterocycles.